The van der Waals surface area contributed by atoms with Crippen molar-refractivity contribution in [1.29, 1.82) is 0 Å². The maximum Gasteiger partial charge on any atom is 0.312 e. The lowest BCUT2D eigenvalue weighted by Crippen LogP contribution is -2.28. The molecule has 0 heterocycles. The van der Waals surface area contributed by atoms with Crippen LogP contribution in [0.25, 0.3) is 0 Å². The molecule has 0 spiro atoms. The Labute approximate surface area is 50.9 Å². The van der Waals surface area contributed by atoms with Crippen LogP contribution in [0.3, 0.4) is 0 Å². The van der Waals surface area contributed by atoms with Crippen molar-refractivity contribution in [3.63, 3.8) is 0 Å². The van der Waals surface area contributed by atoms with Gasteiger partial charge in [-0.15, -0.1) is 0 Å². The first-order valence-electron chi connectivity index (χ1n) is 2.37. The summed E-state index contributed by atoms with van der Waals surface area (Å²) in [5.74, 6) is 0. The third-order valence-corrected chi connectivity index (χ3v) is 1.05. The Morgan fingerprint density at radius 3 is 1.78 bits per heavy atom. The highest BCUT2D eigenvalue weighted by Crippen LogP contribution is 2.25. The van der Waals surface area contributed by atoms with Crippen LogP contribution >= 0.6 is 0 Å². The van der Waals surface area contributed by atoms with Crippen molar-refractivity contribution in [1.82, 2.24) is 0 Å². The van der Waals surface area contributed by atoms with Crippen LogP contribution in [0, 0.1) is 5.41 Å². The first kappa shape index (κ1) is 8.46. The summed E-state index contributed by atoms with van der Waals surface area (Å²) in [6.45, 7) is 1.72. The van der Waals surface area contributed by atoms with E-state index in [4.69, 9.17) is 0 Å². The lowest BCUT2D eigenvalue weighted by atomic mass is 9.96. The molecule has 4 heteroatoms. The van der Waals surface area contributed by atoms with E-state index in [0.717, 1.165) is 13.8 Å². The average molecular weight is 140 g/mol. The predicted octanol–water partition coefficient (Wildman–Crippen LogP) is 1.77. The quantitative estimate of drug-likeness (QED) is 0.534. The molecule has 0 saturated carbocycles. The second-order valence-corrected chi connectivity index (χ2v) is 2.30. The van der Waals surface area contributed by atoms with E-state index >= 15 is 0 Å². The van der Waals surface area contributed by atoms with E-state index in [1.807, 2.05) is 0 Å². The smallest absolute Gasteiger partial charge is 0.260 e. The molecule has 0 aliphatic heterocycles. The average Bonchev–Trinajstić information content (AvgIpc) is 1.65. The zero-order chi connectivity index (χ0) is 7.65. The van der Waals surface area contributed by atoms with Crippen molar-refractivity contribution in [2.45, 2.75) is 20.3 Å². The molecule has 0 radical (unpaired) electrons. The third-order valence-electron chi connectivity index (χ3n) is 1.05. The van der Waals surface area contributed by atoms with Crippen LogP contribution in [-0.4, -0.2) is 12.5 Å². The number of rotatable bonds is 2. The van der Waals surface area contributed by atoms with Gasteiger partial charge in [-0.3, -0.25) is 4.79 Å². The lowest BCUT2D eigenvalue weighted by molar-refractivity contribution is -0.146. The topological polar surface area (TPSA) is 17.1 Å². The fraction of sp³-hybridized carbons (Fsp3) is 0.800. The normalized spacial score (nSPS) is 12.2. The molecular formula is C5H7F3O. The summed E-state index contributed by atoms with van der Waals surface area (Å²) >= 11 is 0. The maximum absolute atomic E-state index is 11.6. The Kier molecular flexibility index (Phi) is 2.23. The highest BCUT2D eigenvalue weighted by molar-refractivity contribution is 5.74. The summed E-state index contributed by atoms with van der Waals surface area (Å²) in [5, 5.41) is 0. The molecule has 0 saturated heterocycles. The van der Waals surface area contributed by atoms with Crippen LogP contribution < -0.4 is 0 Å². The van der Waals surface area contributed by atoms with Crippen molar-refractivity contribution in [3.05, 3.63) is 0 Å². The molecule has 0 unspecified atom stereocenters. The van der Waals surface area contributed by atoms with Crippen LogP contribution in [0.2, 0.25) is 0 Å². The SMILES string of the molecule is CC(C)(C(=O)F)C(F)F. The van der Waals surface area contributed by atoms with Crippen molar-refractivity contribution in [2.24, 2.45) is 5.41 Å². The Bertz CT molecular complexity index is 119. The second-order valence-electron chi connectivity index (χ2n) is 2.30. The second kappa shape index (κ2) is 2.37. The van der Waals surface area contributed by atoms with Crippen molar-refractivity contribution < 1.29 is 18.0 Å². The van der Waals surface area contributed by atoms with Gasteiger partial charge in [0.1, 0.15) is 5.41 Å². The Morgan fingerprint density at radius 1 is 1.44 bits per heavy atom. The predicted molar refractivity (Wildman–Crippen MR) is 25.9 cm³/mol. The molecule has 0 bridgehead atoms. The highest BCUT2D eigenvalue weighted by Gasteiger charge is 2.37. The third kappa shape index (κ3) is 1.69. The molecular weight excluding hydrogens is 133 g/mol. The van der Waals surface area contributed by atoms with Gasteiger partial charge in [0.2, 0.25) is 0 Å². The highest BCUT2D eigenvalue weighted by atomic mass is 19.3. The molecule has 0 rings (SSSR count). The number of alkyl halides is 2. The van der Waals surface area contributed by atoms with E-state index in [1.54, 1.807) is 0 Å². The van der Waals surface area contributed by atoms with Crippen LogP contribution in [0.15, 0.2) is 0 Å². The molecule has 0 aromatic rings. The van der Waals surface area contributed by atoms with E-state index in [0.29, 0.717) is 0 Å². The van der Waals surface area contributed by atoms with Crippen LogP contribution in [0.5, 0.6) is 0 Å². The summed E-state index contributed by atoms with van der Waals surface area (Å²) < 4.78 is 34.8. The zero-order valence-corrected chi connectivity index (χ0v) is 5.12. The van der Waals surface area contributed by atoms with E-state index in [2.05, 4.69) is 0 Å². The van der Waals surface area contributed by atoms with Crippen LogP contribution in [0.4, 0.5) is 13.2 Å². The molecule has 0 aliphatic rings. The van der Waals surface area contributed by atoms with Gasteiger partial charge >= 0.3 is 6.04 Å². The fourth-order valence-corrected chi connectivity index (χ4v) is 0.0858. The van der Waals surface area contributed by atoms with E-state index < -0.39 is 17.9 Å². The largest absolute Gasteiger partial charge is 0.312 e. The zero-order valence-electron chi connectivity index (χ0n) is 5.12. The summed E-state index contributed by atoms with van der Waals surface area (Å²) in [5.41, 5.74) is -2.14. The van der Waals surface area contributed by atoms with Gasteiger partial charge in [-0.2, -0.15) is 4.39 Å². The van der Waals surface area contributed by atoms with Crippen molar-refractivity contribution >= 4 is 6.04 Å². The van der Waals surface area contributed by atoms with Crippen molar-refractivity contribution in [2.75, 3.05) is 0 Å². The minimum atomic E-state index is -2.94. The van der Waals surface area contributed by atoms with Gasteiger partial charge in [0.05, 0.1) is 0 Å². The Morgan fingerprint density at radius 2 is 1.78 bits per heavy atom. The van der Waals surface area contributed by atoms with Gasteiger partial charge in [0.15, 0.2) is 0 Å². The molecule has 54 valence electrons. The van der Waals surface area contributed by atoms with E-state index in [1.165, 1.54) is 0 Å². The fourth-order valence-electron chi connectivity index (χ4n) is 0.0858. The van der Waals surface area contributed by atoms with Crippen molar-refractivity contribution in [3.8, 4) is 0 Å². The Balaban J connectivity index is 4.19. The number of halogens is 3. The molecule has 0 aromatic heterocycles. The standard InChI is InChI=1S/C5H7F3O/c1-5(2,3(6)7)4(8)9/h3H,1-2H3. The van der Waals surface area contributed by atoms with Gasteiger partial charge in [-0.05, 0) is 13.8 Å². The molecule has 0 atom stereocenters. The number of carbonyl (C=O) groups excluding carboxylic acids is 1. The number of hydrogen-bond donors (Lipinski definition) is 0. The van der Waals surface area contributed by atoms with Gasteiger partial charge in [0, 0.05) is 0 Å². The maximum atomic E-state index is 11.6. The molecule has 0 amide bonds. The summed E-state index contributed by atoms with van der Waals surface area (Å²) in [7, 11) is 0. The summed E-state index contributed by atoms with van der Waals surface area (Å²) in [6.07, 6.45) is -2.94. The Hall–Kier alpha value is -0.540. The van der Waals surface area contributed by atoms with Gasteiger partial charge in [0.25, 0.3) is 6.43 Å². The molecule has 9 heavy (non-hydrogen) atoms. The van der Waals surface area contributed by atoms with E-state index in [-0.39, 0.29) is 0 Å². The lowest BCUT2D eigenvalue weighted by Gasteiger charge is -2.15. The van der Waals surface area contributed by atoms with Crippen LogP contribution in [0.1, 0.15) is 13.8 Å². The van der Waals surface area contributed by atoms with Gasteiger partial charge in [-0.1, -0.05) is 0 Å². The first-order chi connectivity index (χ1) is 3.89. The monoisotopic (exact) mass is 140 g/mol. The summed E-state index contributed by atoms with van der Waals surface area (Å²) in [6, 6.07) is -1.97. The molecule has 1 nitrogen and oxygen atoms in total. The molecule has 0 fully saturated rings. The molecule has 0 N–H and O–H groups in total. The van der Waals surface area contributed by atoms with Gasteiger partial charge < -0.3 is 0 Å². The summed E-state index contributed by atoms with van der Waals surface area (Å²) in [4.78, 5) is 9.76. The minimum absolute atomic E-state index is 0.861. The number of carbonyl (C=O) groups is 1. The number of hydrogen-bond acceptors (Lipinski definition) is 1. The van der Waals surface area contributed by atoms with Gasteiger partial charge in [-0.25, -0.2) is 8.78 Å². The molecule has 0 aromatic carbocycles. The van der Waals surface area contributed by atoms with E-state index in [9.17, 15) is 18.0 Å². The molecule has 0 aliphatic carbocycles. The van der Waals surface area contributed by atoms with Crippen LogP contribution in [-0.2, 0) is 4.79 Å². The minimum Gasteiger partial charge on any atom is -0.260 e. The first-order valence-corrected chi connectivity index (χ1v) is 2.37.